The van der Waals surface area contributed by atoms with Gasteiger partial charge in [-0.1, -0.05) is 133 Å². The van der Waals surface area contributed by atoms with Gasteiger partial charge in [0.2, 0.25) is 0 Å². The second-order valence-corrected chi connectivity index (χ2v) is 16.8. The minimum atomic E-state index is 0.369. The van der Waals surface area contributed by atoms with Crippen LogP contribution in [0.1, 0.15) is 16.7 Å². The minimum absolute atomic E-state index is 0.369. The molecule has 0 unspecified atom stereocenters. The molecule has 0 atom stereocenters. The van der Waals surface area contributed by atoms with Crippen molar-refractivity contribution in [3.05, 3.63) is 229 Å². The number of fused-ring (bicyclic) bond motifs is 6. The highest BCUT2D eigenvalue weighted by Gasteiger charge is 2.24. The van der Waals surface area contributed by atoms with Crippen LogP contribution in [0.4, 0.5) is 0 Å². The fourth-order valence-electron chi connectivity index (χ4n) is 9.68. The molecule has 0 saturated carbocycles. The molecule has 7 heteroatoms. The van der Waals surface area contributed by atoms with Gasteiger partial charge < -0.3 is 9.13 Å². The molecule has 0 saturated heterocycles. The number of benzene rings is 8. The van der Waals surface area contributed by atoms with Gasteiger partial charge in [-0.05, 0) is 89.0 Å². The predicted molar refractivity (Wildman–Crippen MR) is 272 cm³/mol. The highest BCUT2D eigenvalue weighted by molar-refractivity contribution is 6.12. The first kappa shape index (κ1) is 39.7. The molecule has 0 aliphatic carbocycles. The third kappa shape index (κ3) is 6.65. The Morgan fingerprint density at radius 1 is 0.309 bits per heavy atom. The Bertz CT molecular complexity index is 3830. The van der Waals surface area contributed by atoms with Gasteiger partial charge in [-0.3, -0.25) is 9.97 Å². The van der Waals surface area contributed by atoms with Gasteiger partial charge in [0, 0.05) is 56.2 Å². The van der Waals surface area contributed by atoms with Crippen molar-refractivity contribution >= 4 is 43.6 Å². The van der Waals surface area contributed by atoms with Crippen LogP contribution in [0.2, 0.25) is 0 Å². The highest BCUT2D eigenvalue weighted by atomic mass is 15.0. The SMILES string of the molecule is N#Cc1cc(C#N)cc(-c2cc(-n3c4ccccc4c4ccc(-c5ccc(-c6ccccc6)nc5)cc43)c(C#N)c(-n3c4ccccc4c4ccc(-c5ccc(-c6ccccc6)nc5)cc43)c2)c1. The lowest BCUT2D eigenvalue weighted by atomic mass is 9.97. The molecule has 4 aromatic heterocycles. The maximum Gasteiger partial charge on any atom is 0.104 e. The Balaban J connectivity index is 1.12. The zero-order chi connectivity index (χ0) is 45.7. The lowest BCUT2D eigenvalue weighted by Crippen LogP contribution is -2.05. The molecule has 7 nitrogen and oxygen atoms in total. The van der Waals surface area contributed by atoms with Gasteiger partial charge in [-0.25, -0.2) is 0 Å². The molecular formula is C61H35N7. The smallest absolute Gasteiger partial charge is 0.104 e. The summed E-state index contributed by atoms with van der Waals surface area (Å²) in [6.45, 7) is 0. The summed E-state index contributed by atoms with van der Waals surface area (Å²) in [5.74, 6) is 0. The molecule has 0 fully saturated rings. The summed E-state index contributed by atoms with van der Waals surface area (Å²) in [5, 5.41) is 36.1. The monoisotopic (exact) mass is 865 g/mol. The van der Waals surface area contributed by atoms with Gasteiger partial charge in [0.05, 0.1) is 68.1 Å². The average Bonchev–Trinajstić information content (AvgIpc) is 3.93. The normalized spacial score (nSPS) is 11.2. The molecule has 4 heterocycles. The molecule has 0 N–H and O–H groups in total. The number of hydrogen-bond donors (Lipinski definition) is 0. The van der Waals surface area contributed by atoms with Crippen molar-refractivity contribution in [3.63, 3.8) is 0 Å². The van der Waals surface area contributed by atoms with E-state index in [1.54, 1.807) is 6.07 Å². The molecule has 0 aliphatic rings. The van der Waals surface area contributed by atoms with Crippen molar-refractivity contribution in [1.29, 1.82) is 15.8 Å². The lowest BCUT2D eigenvalue weighted by Gasteiger charge is -2.19. The van der Waals surface area contributed by atoms with E-state index in [-0.39, 0.29) is 0 Å². The Labute approximate surface area is 391 Å². The van der Waals surface area contributed by atoms with Crippen LogP contribution in [0.5, 0.6) is 0 Å². The molecule has 68 heavy (non-hydrogen) atoms. The zero-order valence-electron chi connectivity index (χ0n) is 36.3. The van der Waals surface area contributed by atoms with E-state index >= 15 is 0 Å². The van der Waals surface area contributed by atoms with Crippen LogP contribution in [0.3, 0.4) is 0 Å². The van der Waals surface area contributed by atoms with Crippen LogP contribution in [0.15, 0.2) is 213 Å². The van der Waals surface area contributed by atoms with Crippen molar-refractivity contribution in [2.45, 2.75) is 0 Å². The standard InChI is InChI=1S/C61H35N7/c62-34-39-27-40(35-63)29-47(28-39)48-32-60(67-56-17-9-7-15-49(56)51-23-19-43(30-58(51)67)45-21-25-54(65-37-45)41-11-3-1-4-12-41)53(36-64)61(33-48)68-57-18-10-8-16-50(57)52-24-20-44(31-59(52)68)46-22-26-55(66-38-46)42-13-5-2-6-14-42/h1-33,37-38H. The Hall–Kier alpha value is -9.87. The third-order valence-corrected chi connectivity index (χ3v) is 12.9. The lowest BCUT2D eigenvalue weighted by molar-refractivity contribution is 1.12. The van der Waals surface area contributed by atoms with Crippen LogP contribution < -0.4 is 0 Å². The second-order valence-electron chi connectivity index (χ2n) is 16.8. The Kier molecular flexibility index (Phi) is 9.51. The fourth-order valence-corrected chi connectivity index (χ4v) is 9.68. The van der Waals surface area contributed by atoms with Gasteiger partial charge in [0.1, 0.15) is 11.6 Å². The number of aromatic nitrogens is 4. The number of hydrogen-bond acceptors (Lipinski definition) is 5. The second kappa shape index (κ2) is 16.3. The van der Waals surface area contributed by atoms with Gasteiger partial charge >= 0.3 is 0 Å². The van der Waals surface area contributed by atoms with E-state index in [4.69, 9.17) is 9.97 Å². The predicted octanol–water partition coefficient (Wildman–Crippen LogP) is 14.6. The molecule has 0 spiro atoms. The zero-order valence-corrected chi connectivity index (χ0v) is 36.3. The van der Waals surface area contributed by atoms with E-state index in [1.807, 2.05) is 109 Å². The summed E-state index contributed by atoms with van der Waals surface area (Å²) in [6.07, 6.45) is 3.82. The van der Waals surface area contributed by atoms with Gasteiger partial charge in [-0.2, -0.15) is 15.8 Å². The van der Waals surface area contributed by atoms with E-state index < -0.39 is 0 Å². The topological polar surface area (TPSA) is 107 Å². The molecule has 0 amide bonds. The van der Waals surface area contributed by atoms with Crippen LogP contribution >= 0.6 is 0 Å². The van der Waals surface area contributed by atoms with E-state index in [1.165, 1.54) is 0 Å². The van der Waals surface area contributed by atoms with E-state index in [0.29, 0.717) is 33.6 Å². The molecule has 0 bridgehead atoms. The molecule has 12 rings (SSSR count). The molecule has 314 valence electrons. The molecule has 12 aromatic rings. The summed E-state index contributed by atoms with van der Waals surface area (Å²) in [4.78, 5) is 9.72. The summed E-state index contributed by atoms with van der Waals surface area (Å²) < 4.78 is 4.37. The highest BCUT2D eigenvalue weighted by Crippen LogP contribution is 2.42. The summed E-state index contributed by atoms with van der Waals surface area (Å²) in [5.41, 5.74) is 15.4. The summed E-state index contributed by atoms with van der Waals surface area (Å²) in [6, 6.07) is 74.5. The maximum absolute atomic E-state index is 11.6. The molecular weight excluding hydrogens is 831 g/mol. The van der Waals surface area contributed by atoms with Crippen molar-refractivity contribution in [3.8, 4) is 85.5 Å². The maximum atomic E-state index is 11.6. The van der Waals surface area contributed by atoms with Crippen molar-refractivity contribution < 1.29 is 0 Å². The van der Waals surface area contributed by atoms with Gasteiger partial charge in [-0.15, -0.1) is 0 Å². The number of pyridine rings is 2. The first-order valence-corrected chi connectivity index (χ1v) is 22.2. The van der Waals surface area contributed by atoms with Gasteiger partial charge in [0.25, 0.3) is 0 Å². The van der Waals surface area contributed by atoms with E-state index in [9.17, 15) is 15.8 Å². The van der Waals surface area contributed by atoms with Crippen molar-refractivity contribution in [2.75, 3.05) is 0 Å². The number of nitrogens with zero attached hydrogens (tertiary/aromatic N) is 7. The van der Waals surface area contributed by atoms with Crippen LogP contribution in [0, 0.1) is 34.0 Å². The van der Waals surface area contributed by atoms with Gasteiger partial charge in [0.15, 0.2) is 0 Å². The van der Waals surface area contributed by atoms with Crippen LogP contribution in [0.25, 0.3) is 111 Å². The van der Waals surface area contributed by atoms with Crippen molar-refractivity contribution in [1.82, 2.24) is 19.1 Å². The van der Waals surface area contributed by atoms with Crippen LogP contribution in [-0.2, 0) is 0 Å². The average molecular weight is 866 g/mol. The summed E-state index contributed by atoms with van der Waals surface area (Å²) in [7, 11) is 0. The first-order valence-electron chi connectivity index (χ1n) is 22.2. The van der Waals surface area contributed by atoms with E-state index in [0.717, 1.165) is 93.9 Å². The molecule has 0 radical (unpaired) electrons. The number of nitriles is 3. The number of rotatable bonds is 7. The molecule has 0 aliphatic heterocycles. The summed E-state index contributed by atoms with van der Waals surface area (Å²) >= 11 is 0. The minimum Gasteiger partial charge on any atom is -0.308 e. The quantitative estimate of drug-likeness (QED) is 0.159. The first-order chi connectivity index (χ1) is 33.6. The van der Waals surface area contributed by atoms with Crippen LogP contribution in [-0.4, -0.2) is 19.1 Å². The van der Waals surface area contributed by atoms with E-state index in [2.05, 4.69) is 124 Å². The third-order valence-electron chi connectivity index (χ3n) is 12.9. The number of para-hydroxylation sites is 2. The largest absolute Gasteiger partial charge is 0.308 e. The van der Waals surface area contributed by atoms with Crippen molar-refractivity contribution in [2.24, 2.45) is 0 Å². The Morgan fingerprint density at radius 3 is 1.15 bits per heavy atom. The molecule has 8 aromatic carbocycles. The Morgan fingerprint density at radius 2 is 0.721 bits per heavy atom. The fraction of sp³-hybridized carbons (Fsp3) is 0.